The van der Waals surface area contributed by atoms with Gasteiger partial charge in [0.2, 0.25) is 5.91 Å². The van der Waals surface area contributed by atoms with Gasteiger partial charge in [-0.15, -0.1) is 0 Å². The Morgan fingerprint density at radius 1 is 1.19 bits per heavy atom. The van der Waals surface area contributed by atoms with Crippen molar-refractivity contribution < 1.29 is 19.6 Å². The molecule has 0 unspecified atom stereocenters. The monoisotopic (exact) mass is 429 g/mol. The van der Waals surface area contributed by atoms with Gasteiger partial charge >= 0.3 is 7.12 Å². The Balaban J connectivity index is 1.46. The number of amides is 1. The average Bonchev–Trinajstić information content (AvgIpc) is 3.03. The van der Waals surface area contributed by atoms with Gasteiger partial charge in [0.05, 0.1) is 0 Å². The topological polar surface area (TPSA) is 101 Å². The van der Waals surface area contributed by atoms with Crippen LogP contribution in [0, 0.1) is 17.3 Å². The van der Waals surface area contributed by atoms with Crippen LogP contribution in [0.25, 0.3) is 6.08 Å². The predicted octanol–water partition coefficient (Wildman–Crippen LogP) is 2.58. The van der Waals surface area contributed by atoms with E-state index >= 15 is 0 Å². The molecule has 2 fully saturated rings. The summed E-state index contributed by atoms with van der Waals surface area (Å²) in [5, 5.41) is 19.1. The molecule has 2 saturated carbocycles. The van der Waals surface area contributed by atoms with E-state index in [4.69, 9.17) is 5.73 Å². The lowest BCUT2D eigenvalue weighted by atomic mass is 9.55. The summed E-state index contributed by atoms with van der Waals surface area (Å²) in [5.41, 5.74) is 10.3. The molecule has 2 aromatic carbocycles. The molecule has 32 heavy (non-hydrogen) atoms. The summed E-state index contributed by atoms with van der Waals surface area (Å²) >= 11 is 0. The van der Waals surface area contributed by atoms with Gasteiger partial charge in [-0.2, -0.15) is 0 Å². The number of Topliss-reactive ketones (excluding diaryl/α,β-unsaturated/α-hetero) is 1. The first-order valence-corrected chi connectivity index (χ1v) is 11.4. The Labute approximate surface area is 188 Å². The van der Waals surface area contributed by atoms with Crippen molar-refractivity contribution in [1.82, 2.24) is 0 Å². The first kappa shape index (κ1) is 21.2. The fourth-order valence-corrected chi connectivity index (χ4v) is 6.55. The summed E-state index contributed by atoms with van der Waals surface area (Å²) in [6, 6.07) is 13.0. The number of carbonyl (C=O) groups is 2. The number of rotatable bonds is 3. The van der Waals surface area contributed by atoms with Crippen molar-refractivity contribution in [2.45, 2.75) is 44.9 Å². The van der Waals surface area contributed by atoms with Crippen LogP contribution in [0.2, 0.25) is 0 Å². The lowest BCUT2D eigenvalue weighted by Gasteiger charge is -2.48. The first-order valence-electron chi connectivity index (χ1n) is 11.4. The van der Waals surface area contributed by atoms with Crippen molar-refractivity contribution in [3.05, 3.63) is 70.3 Å². The summed E-state index contributed by atoms with van der Waals surface area (Å²) in [6.45, 7) is 2.14. The van der Waals surface area contributed by atoms with Gasteiger partial charge in [-0.3, -0.25) is 9.59 Å². The number of hydrogen-bond acceptors (Lipinski definition) is 4. The molecule has 0 aliphatic heterocycles. The largest absolute Gasteiger partial charge is 0.488 e. The van der Waals surface area contributed by atoms with Gasteiger partial charge in [0, 0.05) is 11.0 Å². The van der Waals surface area contributed by atoms with Crippen LogP contribution in [0.3, 0.4) is 0 Å². The SMILES string of the molecule is C[C@]12CC[C@@H]3c4ccc(B(O)O)cc4CC[C@H]3[C@@H]1CC(=Cc1cccc(C(N)=O)c1)C2=O. The summed E-state index contributed by atoms with van der Waals surface area (Å²) in [6.07, 6.45) is 6.46. The standard InChI is InChI=1S/C26H28BNO4/c1-26-10-9-21-20-8-6-19(27(31)32)13-16(20)5-7-22(21)23(26)14-18(24(26)29)12-15-3-2-4-17(11-15)25(28)30/h2-4,6,8,11-13,21-23,31-32H,5,7,9-10,14H2,1H3,(H2,28,30)/t21-,22-,23+,26+/m1/s1. The molecule has 0 bridgehead atoms. The van der Waals surface area contributed by atoms with Crippen LogP contribution in [0.15, 0.2) is 48.0 Å². The molecule has 4 atom stereocenters. The minimum Gasteiger partial charge on any atom is -0.423 e. The molecule has 0 saturated heterocycles. The fourth-order valence-electron chi connectivity index (χ4n) is 6.55. The van der Waals surface area contributed by atoms with Crippen LogP contribution < -0.4 is 11.2 Å². The normalized spacial score (nSPS) is 29.9. The number of nitrogens with two attached hydrogens (primary N) is 1. The summed E-state index contributed by atoms with van der Waals surface area (Å²) in [4.78, 5) is 25.0. The van der Waals surface area contributed by atoms with E-state index in [1.807, 2.05) is 24.3 Å². The van der Waals surface area contributed by atoms with Crippen LogP contribution in [0.4, 0.5) is 0 Å². The molecule has 164 valence electrons. The molecule has 6 heteroatoms. The lowest BCUT2D eigenvalue weighted by Crippen LogP contribution is -2.43. The molecule has 0 heterocycles. The summed E-state index contributed by atoms with van der Waals surface area (Å²) in [7, 11) is -1.44. The molecule has 4 N–H and O–H groups in total. The molecule has 0 aromatic heterocycles. The summed E-state index contributed by atoms with van der Waals surface area (Å²) in [5.74, 6) is 0.930. The number of primary amides is 1. The van der Waals surface area contributed by atoms with Crippen molar-refractivity contribution in [2.75, 3.05) is 0 Å². The highest BCUT2D eigenvalue weighted by Gasteiger charge is 2.56. The van der Waals surface area contributed by atoms with Crippen LogP contribution in [0.1, 0.15) is 65.6 Å². The molecule has 0 radical (unpaired) electrons. The van der Waals surface area contributed by atoms with Gasteiger partial charge in [0.1, 0.15) is 0 Å². The van der Waals surface area contributed by atoms with E-state index in [-0.39, 0.29) is 11.2 Å². The van der Waals surface area contributed by atoms with Crippen molar-refractivity contribution in [3.8, 4) is 0 Å². The molecule has 1 amide bonds. The molecule has 0 spiro atoms. The van der Waals surface area contributed by atoms with Crippen molar-refractivity contribution in [2.24, 2.45) is 23.0 Å². The van der Waals surface area contributed by atoms with Crippen molar-refractivity contribution in [1.29, 1.82) is 0 Å². The minimum absolute atomic E-state index is 0.245. The van der Waals surface area contributed by atoms with Crippen LogP contribution in [-0.2, 0) is 11.2 Å². The third kappa shape index (κ3) is 3.33. The van der Waals surface area contributed by atoms with E-state index in [1.165, 1.54) is 11.1 Å². The minimum atomic E-state index is -1.44. The van der Waals surface area contributed by atoms with Gasteiger partial charge in [-0.1, -0.05) is 37.3 Å². The summed E-state index contributed by atoms with van der Waals surface area (Å²) < 4.78 is 0. The molecule has 3 aliphatic rings. The maximum Gasteiger partial charge on any atom is 0.488 e. The Hall–Kier alpha value is -2.70. The molecular weight excluding hydrogens is 401 g/mol. The van der Waals surface area contributed by atoms with Crippen LogP contribution in [0.5, 0.6) is 0 Å². The van der Waals surface area contributed by atoms with Crippen molar-refractivity contribution >= 4 is 30.3 Å². The number of hydrogen-bond donors (Lipinski definition) is 3. The van der Waals surface area contributed by atoms with Gasteiger partial charge in [-0.05, 0) is 95.8 Å². The smallest absolute Gasteiger partial charge is 0.423 e. The zero-order valence-electron chi connectivity index (χ0n) is 18.3. The Morgan fingerprint density at radius 2 is 2.00 bits per heavy atom. The number of allylic oxidation sites excluding steroid dienone is 1. The number of benzene rings is 2. The Bertz CT molecular complexity index is 1140. The third-order valence-electron chi connectivity index (χ3n) is 8.20. The van der Waals surface area contributed by atoms with E-state index in [1.54, 1.807) is 18.2 Å². The Morgan fingerprint density at radius 3 is 2.75 bits per heavy atom. The molecule has 5 rings (SSSR count). The third-order valence-corrected chi connectivity index (χ3v) is 8.20. The highest BCUT2D eigenvalue weighted by molar-refractivity contribution is 6.58. The molecule has 3 aliphatic carbocycles. The lowest BCUT2D eigenvalue weighted by molar-refractivity contribution is -0.127. The quantitative estimate of drug-likeness (QED) is 0.516. The first-order chi connectivity index (χ1) is 15.3. The molecule has 2 aromatic rings. The van der Waals surface area contributed by atoms with Crippen LogP contribution in [-0.4, -0.2) is 28.9 Å². The van der Waals surface area contributed by atoms with E-state index in [2.05, 4.69) is 13.0 Å². The maximum atomic E-state index is 13.5. The van der Waals surface area contributed by atoms with Gasteiger partial charge in [0.25, 0.3) is 0 Å². The maximum absolute atomic E-state index is 13.5. The van der Waals surface area contributed by atoms with Gasteiger partial charge in [0.15, 0.2) is 5.78 Å². The fraction of sp³-hybridized carbons (Fsp3) is 0.385. The average molecular weight is 429 g/mol. The number of carbonyl (C=O) groups excluding carboxylic acids is 2. The predicted molar refractivity (Wildman–Crippen MR) is 124 cm³/mol. The highest BCUT2D eigenvalue weighted by atomic mass is 16.4. The molecule has 5 nitrogen and oxygen atoms in total. The van der Waals surface area contributed by atoms with E-state index < -0.39 is 13.0 Å². The number of fused-ring (bicyclic) bond motifs is 5. The Kier molecular flexibility index (Phi) is 5.10. The zero-order valence-corrected chi connectivity index (χ0v) is 18.3. The van der Waals surface area contributed by atoms with Gasteiger partial charge < -0.3 is 15.8 Å². The van der Waals surface area contributed by atoms with Gasteiger partial charge in [-0.25, -0.2) is 0 Å². The highest BCUT2D eigenvalue weighted by Crippen LogP contribution is 2.60. The van der Waals surface area contributed by atoms with E-state index in [0.717, 1.165) is 43.2 Å². The second-order valence-electron chi connectivity index (χ2n) is 9.90. The zero-order chi connectivity index (χ0) is 22.6. The number of ketones is 1. The second-order valence-corrected chi connectivity index (χ2v) is 9.90. The number of aryl methyl sites for hydroxylation is 1. The second kappa shape index (κ2) is 7.71. The van der Waals surface area contributed by atoms with Crippen LogP contribution >= 0.6 is 0 Å². The van der Waals surface area contributed by atoms with E-state index in [0.29, 0.717) is 28.8 Å². The van der Waals surface area contributed by atoms with Crippen molar-refractivity contribution in [3.63, 3.8) is 0 Å². The van der Waals surface area contributed by atoms with E-state index in [9.17, 15) is 19.6 Å². The molecular formula is C26H28BNO4.